The molecule has 0 saturated carbocycles. The van der Waals surface area contributed by atoms with Crippen molar-refractivity contribution in [3.8, 4) is 6.07 Å². The number of aromatic nitrogens is 1. The highest BCUT2D eigenvalue weighted by molar-refractivity contribution is 9.10. The summed E-state index contributed by atoms with van der Waals surface area (Å²) < 4.78 is 31.5. The normalized spacial score (nSPS) is 11.0. The van der Waals surface area contributed by atoms with Gasteiger partial charge in [0.15, 0.2) is 0 Å². The lowest BCUT2D eigenvalue weighted by atomic mass is 10.2. The third kappa shape index (κ3) is 3.93. The molecule has 9 heteroatoms. The average Bonchev–Trinajstić information content (AvgIpc) is 2.82. The molecule has 1 aromatic heterocycles. The van der Waals surface area contributed by atoms with Gasteiger partial charge in [-0.3, -0.25) is 4.79 Å². The first kappa shape index (κ1) is 16.2. The molecule has 0 unspecified atom stereocenters. The standard InChI is InChI=1S/C13H10BrN3O4S/c1-8-2-11(21-16-8)6-13(18)17-22(19,20)12-4-9(7-15)3-10(14)5-12/h2-5H,6H2,1H3,(H,17,18). The van der Waals surface area contributed by atoms with E-state index in [1.807, 2.05) is 10.8 Å². The molecule has 1 amide bonds. The molecule has 2 aromatic rings. The lowest BCUT2D eigenvalue weighted by Gasteiger charge is -2.07. The second kappa shape index (κ2) is 6.29. The van der Waals surface area contributed by atoms with Gasteiger partial charge in [0.05, 0.1) is 28.6 Å². The Morgan fingerprint density at radius 2 is 2.14 bits per heavy atom. The van der Waals surface area contributed by atoms with E-state index in [-0.39, 0.29) is 22.6 Å². The van der Waals surface area contributed by atoms with Crippen LogP contribution in [-0.2, 0) is 21.2 Å². The molecule has 0 bridgehead atoms. The largest absolute Gasteiger partial charge is 0.361 e. The van der Waals surface area contributed by atoms with E-state index in [9.17, 15) is 13.2 Å². The molecule has 1 aromatic carbocycles. The van der Waals surface area contributed by atoms with Crippen LogP contribution in [0.4, 0.5) is 0 Å². The summed E-state index contributed by atoms with van der Waals surface area (Å²) in [6.07, 6.45) is -0.251. The number of nitrogens with one attached hydrogen (secondary N) is 1. The van der Waals surface area contributed by atoms with Gasteiger partial charge in [-0.15, -0.1) is 0 Å². The highest BCUT2D eigenvalue weighted by atomic mass is 79.9. The summed E-state index contributed by atoms with van der Waals surface area (Å²) in [6, 6.07) is 7.34. The molecule has 7 nitrogen and oxygen atoms in total. The topological polar surface area (TPSA) is 113 Å². The second-order valence-corrected chi connectivity index (χ2v) is 7.03. The number of nitriles is 1. The summed E-state index contributed by atoms with van der Waals surface area (Å²) in [5.41, 5.74) is 0.754. The maximum atomic E-state index is 12.1. The van der Waals surface area contributed by atoms with Crippen LogP contribution < -0.4 is 4.72 Å². The molecule has 0 aliphatic carbocycles. The Labute approximate surface area is 135 Å². The number of hydrogen-bond acceptors (Lipinski definition) is 6. The van der Waals surface area contributed by atoms with Crippen LogP contribution in [0.3, 0.4) is 0 Å². The van der Waals surface area contributed by atoms with Gasteiger partial charge in [-0.2, -0.15) is 5.26 Å². The smallest absolute Gasteiger partial charge is 0.264 e. The molecule has 0 saturated heterocycles. The number of carbonyl (C=O) groups is 1. The Kier molecular flexibility index (Phi) is 4.63. The summed E-state index contributed by atoms with van der Waals surface area (Å²) in [7, 11) is -4.07. The SMILES string of the molecule is Cc1cc(CC(=O)NS(=O)(=O)c2cc(Br)cc(C#N)c2)on1. The fourth-order valence-electron chi connectivity index (χ4n) is 1.69. The number of aryl methyl sites for hydroxylation is 1. The zero-order chi connectivity index (χ0) is 16.3. The van der Waals surface area contributed by atoms with Crippen LogP contribution in [0.1, 0.15) is 17.0 Å². The lowest BCUT2D eigenvalue weighted by molar-refractivity contribution is -0.119. The number of halogens is 1. The molecule has 1 N–H and O–H groups in total. The molecule has 0 spiro atoms. The summed E-state index contributed by atoms with van der Waals surface area (Å²) >= 11 is 3.12. The van der Waals surface area contributed by atoms with E-state index in [2.05, 4.69) is 21.1 Å². The van der Waals surface area contributed by atoms with E-state index in [0.29, 0.717) is 10.2 Å². The maximum absolute atomic E-state index is 12.1. The van der Waals surface area contributed by atoms with Crippen molar-refractivity contribution in [1.82, 2.24) is 9.88 Å². The molecule has 2 rings (SSSR count). The van der Waals surface area contributed by atoms with Crippen molar-refractivity contribution in [3.63, 3.8) is 0 Å². The average molecular weight is 384 g/mol. The quantitative estimate of drug-likeness (QED) is 0.858. The minimum atomic E-state index is -4.07. The van der Waals surface area contributed by atoms with Gasteiger partial charge in [0.2, 0.25) is 5.91 Å². The minimum Gasteiger partial charge on any atom is -0.361 e. The van der Waals surface area contributed by atoms with E-state index >= 15 is 0 Å². The molecule has 22 heavy (non-hydrogen) atoms. The van der Waals surface area contributed by atoms with E-state index < -0.39 is 15.9 Å². The van der Waals surface area contributed by atoms with Crippen molar-refractivity contribution in [2.45, 2.75) is 18.2 Å². The first-order valence-corrected chi connectivity index (χ1v) is 8.26. The Bertz CT molecular complexity index is 868. The van der Waals surface area contributed by atoms with Gasteiger partial charge in [-0.25, -0.2) is 13.1 Å². The number of rotatable bonds is 4. The zero-order valence-electron chi connectivity index (χ0n) is 11.3. The fourth-order valence-corrected chi connectivity index (χ4v) is 3.38. The highest BCUT2D eigenvalue weighted by Gasteiger charge is 2.20. The monoisotopic (exact) mass is 383 g/mol. The molecule has 1 heterocycles. The van der Waals surface area contributed by atoms with Gasteiger partial charge in [-0.1, -0.05) is 21.1 Å². The third-order valence-electron chi connectivity index (χ3n) is 2.57. The predicted molar refractivity (Wildman–Crippen MR) is 79.1 cm³/mol. The molecule has 0 aliphatic heterocycles. The number of carbonyl (C=O) groups excluding carboxylic acids is 1. The molecule has 0 fully saturated rings. The van der Waals surface area contributed by atoms with Crippen LogP contribution in [0.15, 0.2) is 38.2 Å². The summed E-state index contributed by atoms with van der Waals surface area (Å²) in [4.78, 5) is 11.6. The van der Waals surface area contributed by atoms with Crippen LogP contribution in [0.5, 0.6) is 0 Å². The first-order chi connectivity index (χ1) is 10.3. The summed E-state index contributed by atoms with van der Waals surface area (Å²) in [5, 5.41) is 12.5. The van der Waals surface area contributed by atoms with Crippen LogP contribution >= 0.6 is 15.9 Å². The molecular weight excluding hydrogens is 374 g/mol. The number of amides is 1. The van der Waals surface area contributed by atoms with Gasteiger partial charge in [0.25, 0.3) is 10.0 Å². The lowest BCUT2D eigenvalue weighted by Crippen LogP contribution is -2.31. The van der Waals surface area contributed by atoms with Crippen molar-refractivity contribution in [3.05, 3.63) is 45.8 Å². The number of nitrogens with zero attached hydrogens (tertiary/aromatic N) is 2. The predicted octanol–water partition coefficient (Wildman–Crippen LogP) is 1.66. The molecular formula is C13H10BrN3O4S. The van der Waals surface area contributed by atoms with Crippen molar-refractivity contribution >= 4 is 31.9 Å². The van der Waals surface area contributed by atoms with Gasteiger partial charge in [0, 0.05) is 10.5 Å². The Balaban J connectivity index is 2.19. The molecule has 114 valence electrons. The zero-order valence-corrected chi connectivity index (χ0v) is 13.7. The molecule has 0 radical (unpaired) electrons. The van der Waals surface area contributed by atoms with Crippen molar-refractivity contribution in [2.75, 3.05) is 0 Å². The number of sulfonamides is 1. The van der Waals surface area contributed by atoms with Gasteiger partial charge in [-0.05, 0) is 25.1 Å². The van der Waals surface area contributed by atoms with E-state index in [0.717, 1.165) is 0 Å². The van der Waals surface area contributed by atoms with Crippen LogP contribution in [0.25, 0.3) is 0 Å². The summed E-state index contributed by atoms with van der Waals surface area (Å²) in [5.74, 6) is -0.494. The van der Waals surface area contributed by atoms with Crippen LogP contribution in [0.2, 0.25) is 0 Å². The highest BCUT2D eigenvalue weighted by Crippen LogP contribution is 2.19. The van der Waals surface area contributed by atoms with Crippen molar-refractivity contribution in [1.29, 1.82) is 5.26 Å². The van der Waals surface area contributed by atoms with E-state index in [1.165, 1.54) is 18.2 Å². The van der Waals surface area contributed by atoms with Gasteiger partial charge >= 0.3 is 0 Å². The Hall–Kier alpha value is -2.18. The maximum Gasteiger partial charge on any atom is 0.264 e. The second-order valence-electron chi connectivity index (χ2n) is 4.43. The van der Waals surface area contributed by atoms with Crippen LogP contribution in [-0.4, -0.2) is 19.5 Å². The first-order valence-electron chi connectivity index (χ1n) is 5.99. The van der Waals surface area contributed by atoms with Gasteiger partial charge < -0.3 is 4.52 Å². The Morgan fingerprint density at radius 3 is 2.73 bits per heavy atom. The van der Waals surface area contributed by atoms with Crippen LogP contribution in [0, 0.1) is 18.3 Å². The van der Waals surface area contributed by atoms with Crippen molar-refractivity contribution < 1.29 is 17.7 Å². The molecule has 0 aliphatic rings. The van der Waals surface area contributed by atoms with Gasteiger partial charge in [0.1, 0.15) is 5.76 Å². The third-order valence-corrected chi connectivity index (χ3v) is 4.38. The van der Waals surface area contributed by atoms with E-state index in [4.69, 9.17) is 9.78 Å². The summed E-state index contributed by atoms with van der Waals surface area (Å²) in [6.45, 7) is 1.69. The number of hydrogen-bond donors (Lipinski definition) is 1. The molecule has 0 atom stereocenters. The fraction of sp³-hybridized carbons (Fsp3) is 0.154. The minimum absolute atomic E-state index is 0.160. The Morgan fingerprint density at radius 1 is 1.41 bits per heavy atom. The number of benzene rings is 1. The van der Waals surface area contributed by atoms with Crippen molar-refractivity contribution in [2.24, 2.45) is 0 Å². The van der Waals surface area contributed by atoms with E-state index in [1.54, 1.807) is 13.0 Å².